The number of rotatable bonds is 1. The van der Waals surface area contributed by atoms with Crippen LogP contribution in [0.1, 0.15) is 12.8 Å². The highest BCUT2D eigenvalue weighted by Crippen LogP contribution is 2.38. The lowest BCUT2D eigenvalue weighted by Crippen LogP contribution is -2.51. The quantitative estimate of drug-likeness (QED) is 0.632. The van der Waals surface area contributed by atoms with Crippen molar-refractivity contribution in [2.45, 2.75) is 17.6 Å². The Balaban J connectivity index is 2.02. The first kappa shape index (κ1) is 11.0. The highest BCUT2D eigenvalue weighted by Gasteiger charge is 2.38. The first-order chi connectivity index (χ1) is 7.26. The summed E-state index contributed by atoms with van der Waals surface area (Å²) < 4.78 is 5.64. The molecule has 0 radical (unpaired) electrons. The van der Waals surface area contributed by atoms with Crippen LogP contribution in [0.15, 0.2) is 12.7 Å². The zero-order chi connectivity index (χ0) is 10.7. The minimum atomic E-state index is 0.0705. The van der Waals surface area contributed by atoms with Gasteiger partial charge in [-0.2, -0.15) is 11.8 Å². The smallest absolute Gasteiger partial charge is 0.246 e. The molecule has 2 rings (SSSR count). The largest absolute Gasteiger partial charge is 0.381 e. The van der Waals surface area contributed by atoms with Crippen LogP contribution in [0.2, 0.25) is 0 Å². The van der Waals surface area contributed by atoms with Crippen LogP contribution >= 0.6 is 11.8 Å². The van der Waals surface area contributed by atoms with Gasteiger partial charge in [-0.3, -0.25) is 4.79 Å². The van der Waals surface area contributed by atoms with E-state index in [1.54, 1.807) is 0 Å². The molecule has 0 saturated carbocycles. The molecular formula is C11H17NO2S. The van der Waals surface area contributed by atoms with Gasteiger partial charge in [0, 0.05) is 36.8 Å². The fraction of sp³-hybridized carbons (Fsp3) is 0.727. The summed E-state index contributed by atoms with van der Waals surface area (Å²) in [5.41, 5.74) is 0. The second kappa shape index (κ2) is 4.58. The number of ether oxygens (including phenoxy) is 1. The van der Waals surface area contributed by atoms with Crippen molar-refractivity contribution in [3.63, 3.8) is 0 Å². The van der Waals surface area contributed by atoms with Crippen molar-refractivity contribution in [3.05, 3.63) is 12.7 Å². The van der Waals surface area contributed by atoms with E-state index < -0.39 is 0 Å². The number of hydrogen-bond acceptors (Lipinski definition) is 3. The molecule has 2 aliphatic heterocycles. The molecule has 4 heteroatoms. The molecule has 2 aliphatic rings. The second-order valence-corrected chi connectivity index (χ2v) is 5.67. The van der Waals surface area contributed by atoms with Gasteiger partial charge in [-0.05, 0) is 18.9 Å². The van der Waals surface area contributed by atoms with E-state index in [0.29, 0.717) is 0 Å². The molecule has 0 N–H and O–H groups in total. The van der Waals surface area contributed by atoms with Crippen LogP contribution in [0, 0.1) is 0 Å². The van der Waals surface area contributed by atoms with Crippen LogP contribution in [0.25, 0.3) is 0 Å². The average molecular weight is 227 g/mol. The van der Waals surface area contributed by atoms with Crippen LogP contribution < -0.4 is 0 Å². The molecule has 0 aromatic carbocycles. The van der Waals surface area contributed by atoms with Crippen molar-refractivity contribution in [2.75, 3.05) is 32.1 Å². The highest BCUT2D eigenvalue weighted by atomic mass is 32.2. The van der Waals surface area contributed by atoms with Crippen molar-refractivity contribution in [3.8, 4) is 0 Å². The molecule has 0 atom stereocenters. The normalized spacial score (nSPS) is 25.2. The molecule has 0 aromatic heterocycles. The molecule has 2 heterocycles. The van der Waals surface area contributed by atoms with Crippen LogP contribution in [0.5, 0.6) is 0 Å². The topological polar surface area (TPSA) is 29.5 Å². The lowest BCUT2D eigenvalue weighted by atomic mass is 9.98. The zero-order valence-corrected chi connectivity index (χ0v) is 9.72. The number of amides is 1. The van der Waals surface area contributed by atoms with Gasteiger partial charge >= 0.3 is 0 Å². The van der Waals surface area contributed by atoms with Gasteiger partial charge in [0.25, 0.3) is 0 Å². The maximum absolute atomic E-state index is 11.6. The van der Waals surface area contributed by atoms with Crippen molar-refractivity contribution in [1.82, 2.24) is 4.90 Å². The Morgan fingerprint density at radius 1 is 1.47 bits per heavy atom. The van der Waals surface area contributed by atoms with Crippen LogP contribution in [-0.2, 0) is 9.53 Å². The monoisotopic (exact) mass is 227 g/mol. The summed E-state index contributed by atoms with van der Waals surface area (Å²) in [7, 11) is 0. The van der Waals surface area contributed by atoms with Crippen LogP contribution in [0.4, 0.5) is 0 Å². The summed E-state index contributed by atoms with van der Waals surface area (Å²) >= 11 is 2.01. The maximum atomic E-state index is 11.6. The molecule has 0 unspecified atom stereocenters. The summed E-state index contributed by atoms with van der Waals surface area (Å²) in [6, 6.07) is 0. The Kier molecular flexibility index (Phi) is 3.36. The number of carbonyl (C=O) groups excluding carboxylic acids is 1. The second-order valence-electron chi connectivity index (χ2n) is 4.11. The zero-order valence-electron chi connectivity index (χ0n) is 8.91. The van der Waals surface area contributed by atoms with E-state index in [9.17, 15) is 4.79 Å². The molecular weight excluding hydrogens is 210 g/mol. The first-order valence-electron chi connectivity index (χ1n) is 5.39. The van der Waals surface area contributed by atoms with Gasteiger partial charge in [-0.1, -0.05) is 6.58 Å². The van der Waals surface area contributed by atoms with Crippen molar-refractivity contribution in [2.24, 2.45) is 0 Å². The van der Waals surface area contributed by atoms with Crippen LogP contribution in [-0.4, -0.2) is 47.6 Å². The van der Waals surface area contributed by atoms with Gasteiger partial charge in [-0.15, -0.1) is 0 Å². The maximum Gasteiger partial charge on any atom is 0.246 e. The highest BCUT2D eigenvalue weighted by molar-refractivity contribution is 8.00. The molecule has 0 aliphatic carbocycles. The number of thioether (sulfide) groups is 1. The summed E-state index contributed by atoms with van der Waals surface area (Å²) in [4.78, 5) is 13.5. The molecule has 3 nitrogen and oxygen atoms in total. The van der Waals surface area contributed by atoms with E-state index in [-0.39, 0.29) is 10.7 Å². The number of carbonyl (C=O) groups is 1. The number of nitrogens with zero attached hydrogens (tertiary/aromatic N) is 1. The lowest BCUT2D eigenvalue weighted by molar-refractivity contribution is -0.126. The molecule has 2 fully saturated rings. The predicted octanol–water partition coefficient (Wildman–Crippen LogP) is 1.30. The minimum Gasteiger partial charge on any atom is -0.381 e. The Bertz CT molecular complexity index is 256. The summed E-state index contributed by atoms with van der Waals surface area (Å²) in [5.74, 6) is 1.11. The lowest BCUT2D eigenvalue weighted by Gasteiger charge is -2.44. The molecule has 1 amide bonds. The Labute approximate surface area is 94.8 Å². The Morgan fingerprint density at radius 3 is 2.87 bits per heavy atom. The predicted molar refractivity (Wildman–Crippen MR) is 62.0 cm³/mol. The molecule has 15 heavy (non-hydrogen) atoms. The van der Waals surface area contributed by atoms with E-state index in [1.807, 2.05) is 16.7 Å². The van der Waals surface area contributed by atoms with Gasteiger partial charge in [0.15, 0.2) is 0 Å². The van der Waals surface area contributed by atoms with E-state index in [2.05, 4.69) is 6.58 Å². The molecule has 84 valence electrons. The van der Waals surface area contributed by atoms with Gasteiger partial charge in [0.2, 0.25) is 5.91 Å². The van der Waals surface area contributed by atoms with E-state index in [1.165, 1.54) is 6.08 Å². The molecule has 0 bridgehead atoms. The molecule has 0 aromatic rings. The summed E-state index contributed by atoms with van der Waals surface area (Å²) in [5, 5.41) is 0. The third-order valence-corrected chi connectivity index (χ3v) is 4.68. The molecule has 2 saturated heterocycles. The van der Waals surface area contributed by atoms with Crippen LogP contribution in [0.3, 0.4) is 0 Å². The van der Waals surface area contributed by atoms with E-state index in [4.69, 9.17) is 4.74 Å². The number of hydrogen-bond donors (Lipinski definition) is 0. The SMILES string of the molecule is C=CC(=O)N1CCSC2(CCOCC2)C1. The van der Waals surface area contributed by atoms with Gasteiger partial charge in [0.05, 0.1) is 0 Å². The summed E-state index contributed by atoms with van der Waals surface area (Å²) in [6.07, 6.45) is 3.56. The van der Waals surface area contributed by atoms with Gasteiger partial charge < -0.3 is 9.64 Å². The van der Waals surface area contributed by atoms with E-state index >= 15 is 0 Å². The van der Waals surface area contributed by atoms with E-state index in [0.717, 1.165) is 44.9 Å². The molecule has 1 spiro atoms. The minimum absolute atomic E-state index is 0.0705. The third kappa shape index (κ3) is 2.37. The third-order valence-electron chi connectivity index (χ3n) is 3.14. The van der Waals surface area contributed by atoms with Gasteiger partial charge in [-0.25, -0.2) is 0 Å². The Hall–Kier alpha value is -0.480. The van der Waals surface area contributed by atoms with Gasteiger partial charge in [0.1, 0.15) is 0 Å². The van der Waals surface area contributed by atoms with Crippen molar-refractivity contribution in [1.29, 1.82) is 0 Å². The fourth-order valence-corrected chi connectivity index (χ4v) is 3.66. The van der Waals surface area contributed by atoms with Crippen molar-refractivity contribution < 1.29 is 9.53 Å². The fourth-order valence-electron chi connectivity index (χ4n) is 2.21. The standard InChI is InChI=1S/C11H17NO2S/c1-2-10(13)12-5-8-15-11(9-12)3-6-14-7-4-11/h2H,1,3-9H2. The average Bonchev–Trinajstić information content (AvgIpc) is 2.29. The Morgan fingerprint density at radius 2 is 2.20 bits per heavy atom. The first-order valence-corrected chi connectivity index (χ1v) is 6.37. The summed E-state index contributed by atoms with van der Waals surface area (Å²) in [6.45, 7) is 6.95. The van der Waals surface area contributed by atoms with Crippen molar-refractivity contribution >= 4 is 17.7 Å².